The Morgan fingerprint density at radius 3 is 2.28 bits per heavy atom. The molecule has 0 unspecified atom stereocenters. The summed E-state index contributed by atoms with van der Waals surface area (Å²) in [6.45, 7) is 2.38. The summed E-state index contributed by atoms with van der Waals surface area (Å²) in [5.41, 5.74) is 3.64. The van der Waals surface area contributed by atoms with Crippen LogP contribution in [-0.4, -0.2) is 27.8 Å². The number of rotatable bonds is 7. The lowest BCUT2D eigenvalue weighted by molar-refractivity contribution is 0.0901. The lowest BCUT2D eigenvalue weighted by Crippen LogP contribution is -2.18. The van der Waals surface area contributed by atoms with Gasteiger partial charge < -0.3 is 10.1 Å². The molecule has 0 aliphatic rings. The van der Waals surface area contributed by atoms with E-state index in [-0.39, 0.29) is 18.1 Å². The van der Waals surface area contributed by atoms with E-state index in [1.54, 1.807) is 19.2 Å². The number of hydrogen-bond acceptors (Lipinski definition) is 5. The van der Waals surface area contributed by atoms with Crippen molar-refractivity contribution in [3.05, 3.63) is 95.3 Å². The minimum absolute atomic E-state index is 0.159. The Morgan fingerprint density at radius 1 is 0.969 bits per heavy atom. The Bertz CT molecular complexity index is 1200. The van der Waals surface area contributed by atoms with Crippen LogP contribution in [0.1, 0.15) is 21.5 Å². The van der Waals surface area contributed by atoms with Gasteiger partial charge >= 0.3 is 0 Å². The minimum atomic E-state index is -0.298. The Balaban J connectivity index is 1.60. The summed E-state index contributed by atoms with van der Waals surface area (Å²) in [6, 6.07) is 21.3. The highest BCUT2D eigenvalue weighted by atomic mass is 19.1. The molecule has 32 heavy (non-hydrogen) atoms. The number of carbonyl (C=O) groups is 1. The van der Waals surface area contributed by atoms with Gasteiger partial charge in [-0.15, -0.1) is 5.10 Å². The summed E-state index contributed by atoms with van der Waals surface area (Å²) in [5, 5.41) is 7.64. The van der Waals surface area contributed by atoms with Crippen molar-refractivity contribution in [2.24, 2.45) is 0 Å². The van der Waals surface area contributed by atoms with Gasteiger partial charge in [0.25, 0.3) is 5.91 Å². The third kappa shape index (κ3) is 5.00. The van der Waals surface area contributed by atoms with Gasteiger partial charge in [-0.1, -0.05) is 54.1 Å². The molecule has 6 nitrogen and oxygen atoms in total. The van der Waals surface area contributed by atoms with Crippen molar-refractivity contribution < 1.29 is 13.9 Å². The highest BCUT2D eigenvalue weighted by molar-refractivity contribution is 5.83. The molecule has 0 atom stereocenters. The van der Waals surface area contributed by atoms with Crippen molar-refractivity contribution in [3.63, 3.8) is 0 Å². The van der Waals surface area contributed by atoms with Crippen molar-refractivity contribution in [3.8, 4) is 17.1 Å². The number of aryl methyl sites for hydroxylation is 1. The maximum Gasteiger partial charge on any atom is 0.254 e. The van der Waals surface area contributed by atoms with Gasteiger partial charge in [-0.05, 0) is 42.3 Å². The second-order valence-corrected chi connectivity index (χ2v) is 7.44. The number of benzene rings is 3. The number of ether oxygens (including phenoxy) is 1. The number of nitrogens with zero attached hydrogens (tertiary/aromatic N) is 3. The van der Waals surface area contributed by atoms with Gasteiger partial charge in [0.05, 0.1) is 13.5 Å². The molecule has 1 heterocycles. The fourth-order valence-electron chi connectivity index (χ4n) is 3.20. The maximum absolute atomic E-state index is 13.2. The Morgan fingerprint density at radius 2 is 1.62 bits per heavy atom. The molecule has 0 bridgehead atoms. The van der Waals surface area contributed by atoms with Crippen LogP contribution in [0.3, 0.4) is 0 Å². The molecule has 3 aromatic carbocycles. The zero-order valence-corrected chi connectivity index (χ0v) is 17.9. The summed E-state index contributed by atoms with van der Waals surface area (Å²) in [7, 11) is 1.60. The zero-order valence-electron chi connectivity index (χ0n) is 17.9. The Labute approximate surface area is 185 Å². The first-order valence-corrected chi connectivity index (χ1v) is 10.2. The molecular formula is C25H23FN4O2. The largest absolute Gasteiger partial charge is 0.497 e. The first kappa shape index (κ1) is 21.2. The van der Waals surface area contributed by atoms with Crippen molar-refractivity contribution in [2.75, 3.05) is 12.4 Å². The molecule has 0 saturated heterocycles. The molecule has 0 aliphatic heterocycles. The van der Waals surface area contributed by atoms with Crippen LogP contribution in [0.4, 0.5) is 10.3 Å². The monoisotopic (exact) mass is 430 g/mol. The van der Waals surface area contributed by atoms with Crippen LogP contribution in [0, 0.1) is 12.7 Å². The summed E-state index contributed by atoms with van der Waals surface area (Å²) < 4.78 is 19.7. The highest BCUT2D eigenvalue weighted by Crippen LogP contribution is 2.20. The molecule has 0 radical (unpaired) electrons. The first-order chi connectivity index (χ1) is 15.5. The van der Waals surface area contributed by atoms with E-state index < -0.39 is 0 Å². The van der Waals surface area contributed by atoms with Crippen LogP contribution in [-0.2, 0) is 13.0 Å². The van der Waals surface area contributed by atoms with E-state index >= 15 is 0 Å². The second-order valence-electron chi connectivity index (χ2n) is 7.44. The third-order valence-electron chi connectivity index (χ3n) is 5.03. The van der Waals surface area contributed by atoms with Crippen molar-refractivity contribution in [2.45, 2.75) is 19.9 Å². The SMILES string of the molecule is COc1ccc(CC(=O)n2nc(-c3ccc(C)cc3)nc2NCc2ccc(F)cc2)cc1. The number of hydrogen-bond donors (Lipinski definition) is 1. The second kappa shape index (κ2) is 9.43. The number of carbonyl (C=O) groups excluding carboxylic acids is 1. The molecule has 0 aliphatic carbocycles. The fraction of sp³-hybridized carbons (Fsp3) is 0.160. The number of nitrogens with one attached hydrogen (secondary N) is 1. The summed E-state index contributed by atoms with van der Waals surface area (Å²) in [5.74, 6) is 0.999. The molecule has 4 rings (SSSR count). The number of anilines is 1. The summed E-state index contributed by atoms with van der Waals surface area (Å²) in [6.07, 6.45) is 0.159. The molecule has 0 saturated carbocycles. The molecule has 1 aromatic heterocycles. The van der Waals surface area contributed by atoms with Gasteiger partial charge in [-0.25, -0.2) is 4.39 Å². The molecule has 0 amide bonds. The van der Waals surface area contributed by atoms with Gasteiger partial charge in [0.15, 0.2) is 5.82 Å². The van der Waals surface area contributed by atoms with Gasteiger partial charge in [0, 0.05) is 12.1 Å². The molecule has 7 heteroatoms. The molecule has 4 aromatic rings. The Hall–Kier alpha value is -4.00. The topological polar surface area (TPSA) is 69.0 Å². The smallest absolute Gasteiger partial charge is 0.254 e. The van der Waals surface area contributed by atoms with E-state index in [1.807, 2.05) is 55.5 Å². The average Bonchev–Trinajstić information content (AvgIpc) is 3.24. The van der Waals surface area contributed by atoms with E-state index in [0.29, 0.717) is 18.3 Å². The van der Waals surface area contributed by atoms with Crippen LogP contribution in [0.2, 0.25) is 0 Å². The van der Waals surface area contributed by atoms with Crippen molar-refractivity contribution >= 4 is 11.9 Å². The molecule has 0 fully saturated rings. The van der Waals surface area contributed by atoms with E-state index in [2.05, 4.69) is 15.4 Å². The fourth-order valence-corrected chi connectivity index (χ4v) is 3.20. The van der Waals surface area contributed by atoms with E-state index in [0.717, 1.165) is 28.0 Å². The van der Waals surface area contributed by atoms with Crippen molar-refractivity contribution in [1.82, 2.24) is 14.8 Å². The molecule has 162 valence electrons. The molecular weight excluding hydrogens is 407 g/mol. The molecule has 0 spiro atoms. The number of halogens is 1. The predicted octanol–water partition coefficient (Wildman–Crippen LogP) is 4.90. The number of aromatic nitrogens is 3. The van der Waals surface area contributed by atoms with Gasteiger partial charge in [0.2, 0.25) is 5.95 Å². The van der Waals surface area contributed by atoms with E-state index in [9.17, 15) is 9.18 Å². The van der Waals surface area contributed by atoms with Crippen LogP contribution in [0.25, 0.3) is 11.4 Å². The van der Waals surface area contributed by atoms with Crippen LogP contribution in [0.15, 0.2) is 72.8 Å². The van der Waals surface area contributed by atoms with Gasteiger partial charge in [-0.3, -0.25) is 4.79 Å². The van der Waals surface area contributed by atoms with Crippen LogP contribution >= 0.6 is 0 Å². The van der Waals surface area contributed by atoms with E-state index in [4.69, 9.17) is 4.74 Å². The Kier molecular flexibility index (Phi) is 6.26. The summed E-state index contributed by atoms with van der Waals surface area (Å²) >= 11 is 0. The predicted molar refractivity (Wildman–Crippen MR) is 121 cm³/mol. The normalized spacial score (nSPS) is 10.7. The lowest BCUT2D eigenvalue weighted by Gasteiger charge is -2.08. The molecule has 1 N–H and O–H groups in total. The summed E-state index contributed by atoms with van der Waals surface area (Å²) in [4.78, 5) is 17.6. The highest BCUT2D eigenvalue weighted by Gasteiger charge is 2.18. The number of methoxy groups -OCH3 is 1. The quantitative estimate of drug-likeness (QED) is 0.452. The van der Waals surface area contributed by atoms with Crippen molar-refractivity contribution in [1.29, 1.82) is 0 Å². The first-order valence-electron chi connectivity index (χ1n) is 10.2. The van der Waals surface area contributed by atoms with Gasteiger partial charge in [-0.2, -0.15) is 9.67 Å². The maximum atomic E-state index is 13.2. The van der Waals surface area contributed by atoms with Crippen LogP contribution < -0.4 is 10.1 Å². The zero-order chi connectivity index (χ0) is 22.5. The average molecular weight is 430 g/mol. The van der Waals surface area contributed by atoms with Gasteiger partial charge in [0.1, 0.15) is 11.6 Å². The minimum Gasteiger partial charge on any atom is -0.497 e. The third-order valence-corrected chi connectivity index (χ3v) is 5.03. The lowest BCUT2D eigenvalue weighted by atomic mass is 10.1. The standard InChI is InChI=1S/C25H23FN4O2/c1-17-3-9-20(10-4-17)24-28-25(27-16-19-5-11-21(26)12-6-19)30(29-24)23(31)15-18-7-13-22(32-2)14-8-18/h3-14H,15-16H2,1-2H3,(H,27,28,29). The van der Waals surface area contributed by atoms with Crippen LogP contribution in [0.5, 0.6) is 5.75 Å². The van der Waals surface area contributed by atoms with E-state index in [1.165, 1.54) is 16.8 Å².